The second-order valence-corrected chi connectivity index (χ2v) is 3.95. The van der Waals surface area contributed by atoms with Gasteiger partial charge in [0.15, 0.2) is 0 Å². The van der Waals surface area contributed by atoms with Crippen LogP contribution in [0.15, 0.2) is 6.33 Å². The van der Waals surface area contributed by atoms with Gasteiger partial charge in [-0.3, -0.25) is 0 Å². The SMILES string of the molecule is Cn1cnc2c1CCNC2(C)C. The summed E-state index contributed by atoms with van der Waals surface area (Å²) in [7, 11) is 2.06. The van der Waals surface area contributed by atoms with Crippen molar-refractivity contribution >= 4 is 0 Å². The molecule has 2 rings (SSSR count). The molecule has 0 amide bonds. The summed E-state index contributed by atoms with van der Waals surface area (Å²) in [5.41, 5.74) is 2.63. The normalized spacial score (nSPS) is 20.6. The van der Waals surface area contributed by atoms with E-state index in [0.29, 0.717) is 0 Å². The van der Waals surface area contributed by atoms with Crippen LogP contribution in [0, 0.1) is 0 Å². The van der Waals surface area contributed by atoms with Gasteiger partial charge >= 0.3 is 0 Å². The first kappa shape index (κ1) is 7.80. The van der Waals surface area contributed by atoms with E-state index in [-0.39, 0.29) is 5.54 Å². The Kier molecular flexibility index (Phi) is 1.51. The molecule has 1 N–H and O–H groups in total. The predicted molar refractivity (Wildman–Crippen MR) is 47.9 cm³/mol. The zero-order valence-electron chi connectivity index (χ0n) is 7.89. The van der Waals surface area contributed by atoms with Crippen molar-refractivity contribution in [1.29, 1.82) is 0 Å². The molecule has 0 fully saturated rings. The fourth-order valence-electron chi connectivity index (χ4n) is 1.85. The van der Waals surface area contributed by atoms with E-state index < -0.39 is 0 Å². The van der Waals surface area contributed by atoms with Crippen LogP contribution in [-0.2, 0) is 19.0 Å². The van der Waals surface area contributed by atoms with Crippen molar-refractivity contribution in [3.8, 4) is 0 Å². The summed E-state index contributed by atoms with van der Waals surface area (Å²) in [4.78, 5) is 4.41. The number of hydrogen-bond donors (Lipinski definition) is 1. The highest BCUT2D eigenvalue weighted by atomic mass is 15.1. The summed E-state index contributed by atoms with van der Waals surface area (Å²) in [5.74, 6) is 0. The van der Waals surface area contributed by atoms with E-state index >= 15 is 0 Å². The van der Waals surface area contributed by atoms with Gasteiger partial charge in [0, 0.05) is 25.7 Å². The van der Waals surface area contributed by atoms with Crippen molar-refractivity contribution in [3.63, 3.8) is 0 Å². The number of imidazole rings is 1. The van der Waals surface area contributed by atoms with Crippen molar-refractivity contribution in [1.82, 2.24) is 14.9 Å². The Bertz CT molecular complexity index is 299. The quantitative estimate of drug-likeness (QED) is 0.616. The molecule has 0 spiro atoms. The Balaban J connectivity index is 2.53. The summed E-state index contributed by atoms with van der Waals surface area (Å²) in [6, 6.07) is 0. The Morgan fingerprint density at radius 1 is 1.58 bits per heavy atom. The van der Waals surface area contributed by atoms with Gasteiger partial charge in [0.05, 0.1) is 17.6 Å². The number of nitrogens with zero attached hydrogens (tertiary/aromatic N) is 2. The van der Waals surface area contributed by atoms with Crippen LogP contribution < -0.4 is 5.32 Å². The molecule has 0 saturated carbocycles. The third-order valence-electron chi connectivity index (χ3n) is 2.58. The fourth-order valence-corrected chi connectivity index (χ4v) is 1.85. The summed E-state index contributed by atoms with van der Waals surface area (Å²) < 4.78 is 2.12. The van der Waals surface area contributed by atoms with E-state index in [2.05, 4.69) is 35.8 Å². The first-order valence-electron chi connectivity index (χ1n) is 4.37. The van der Waals surface area contributed by atoms with E-state index in [0.717, 1.165) is 13.0 Å². The smallest absolute Gasteiger partial charge is 0.0949 e. The Morgan fingerprint density at radius 3 is 3.00 bits per heavy atom. The third kappa shape index (κ3) is 0.966. The number of rotatable bonds is 0. The highest BCUT2D eigenvalue weighted by Crippen LogP contribution is 2.25. The summed E-state index contributed by atoms with van der Waals surface area (Å²) in [6.45, 7) is 5.41. The van der Waals surface area contributed by atoms with Crippen LogP contribution in [0.1, 0.15) is 25.2 Å². The average molecular weight is 165 g/mol. The minimum absolute atomic E-state index is 0.0504. The maximum Gasteiger partial charge on any atom is 0.0949 e. The zero-order chi connectivity index (χ0) is 8.77. The van der Waals surface area contributed by atoms with Gasteiger partial charge in [0.1, 0.15) is 0 Å². The van der Waals surface area contributed by atoms with Crippen LogP contribution in [0.25, 0.3) is 0 Å². The molecule has 66 valence electrons. The van der Waals surface area contributed by atoms with E-state index in [1.165, 1.54) is 11.4 Å². The van der Waals surface area contributed by atoms with Crippen LogP contribution >= 0.6 is 0 Å². The minimum atomic E-state index is 0.0504. The lowest BCUT2D eigenvalue weighted by atomic mass is 9.94. The van der Waals surface area contributed by atoms with Crippen molar-refractivity contribution < 1.29 is 0 Å². The number of aromatic nitrogens is 2. The molecular weight excluding hydrogens is 150 g/mol. The molecule has 0 unspecified atom stereocenters. The highest BCUT2D eigenvalue weighted by molar-refractivity contribution is 5.24. The molecule has 2 heterocycles. The van der Waals surface area contributed by atoms with Gasteiger partial charge in [0.25, 0.3) is 0 Å². The van der Waals surface area contributed by atoms with Gasteiger partial charge in [-0.15, -0.1) is 0 Å². The second kappa shape index (κ2) is 2.33. The molecule has 0 saturated heterocycles. The van der Waals surface area contributed by atoms with Gasteiger partial charge < -0.3 is 9.88 Å². The molecule has 0 aromatic carbocycles. The van der Waals surface area contributed by atoms with Crippen LogP contribution in [0.3, 0.4) is 0 Å². The third-order valence-corrected chi connectivity index (χ3v) is 2.58. The van der Waals surface area contributed by atoms with Gasteiger partial charge in [-0.05, 0) is 13.8 Å². The van der Waals surface area contributed by atoms with Crippen LogP contribution in [0.5, 0.6) is 0 Å². The molecule has 1 aliphatic heterocycles. The molecule has 0 atom stereocenters. The molecule has 0 radical (unpaired) electrons. The molecule has 3 nitrogen and oxygen atoms in total. The second-order valence-electron chi connectivity index (χ2n) is 3.95. The Hall–Kier alpha value is -0.830. The zero-order valence-corrected chi connectivity index (χ0v) is 7.89. The maximum atomic E-state index is 4.41. The molecule has 1 aromatic heterocycles. The summed E-state index contributed by atoms with van der Waals surface area (Å²) in [5, 5.41) is 3.45. The van der Waals surface area contributed by atoms with E-state index in [4.69, 9.17) is 0 Å². The Labute approximate surface area is 72.8 Å². The average Bonchev–Trinajstić information content (AvgIpc) is 2.33. The first-order chi connectivity index (χ1) is 5.61. The molecule has 3 heteroatoms. The molecule has 1 aliphatic rings. The largest absolute Gasteiger partial charge is 0.337 e. The number of nitrogens with one attached hydrogen (secondary N) is 1. The fraction of sp³-hybridized carbons (Fsp3) is 0.667. The molecular formula is C9H15N3. The topological polar surface area (TPSA) is 29.9 Å². The number of hydrogen-bond acceptors (Lipinski definition) is 2. The first-order valence-corrected chi connectivity index (χ1v) is 4.37. The summed E-state index contributed by atoms with van der Waals surface area (Å²) in [6.07, 6.45) is 2.99. The van der Waals surface area contributed by atoms with Crippen molar-refractivity contribution in [2.75, 3.05) is 6.54 Å². The standard InChI is InChI=1S/C9H15N3/c1-9(2)8-7(4-5-11-9)12(3)6-10-8/h6,11H,4-5H2,1-3H3. The summed E-state index contributed by atoms with van der Waals surface area (Å²) >= 11 is 0. The van der Waals surface area contributed by atoms with Crippen LogP contribution in [0.2, 0.25) is 0 Å². The molecule has 1 aromatic rings. The van der Waals surface area contributed by atoms with Gasteiger partial charge in [-0.1, -0.05) is 0 Å². The number of aryl methyl sites for hydroxylation is 1. The lowest BCUT2D eigenvalue weighted by Crippen LogP contribution is -2.43. The predicted octanol–water partition coefficient (Wildman–Crippen LogP) is 0.801. The van der Waals surface area contributed by atoms with Gasteiger partial charge in [-0.25, -0.2) is 4.98 Å². The van der Waals surface area contributed by atoms with Crippen molar-refractivity contribution in [2.24, 2.45) is 7.05 Å². The maximum absolute atomic E-state index is 4.41. The highest BCUT2D eigenvalue weighted by Gasteiger charge is 2.29. The van der Waals surface area contributed by atoms with Gasteiger partial charge in [0.2, 0.25) is 0 Å². The lowest BCUT2D eigenvalue weighted by molar-refractivity contribution is 0.369. The van der Waals surface area contributed by atoms with Crippen molar-refractivity contribution in [3.05, 3.63) is 17.7 Å². The monoisotopic (exact) mass is 165 g/mol. The number of fused-ring (bicyclic) bond motifs is 1. The van der Waals surface area contributed by atoms with E-state index in [9.17, 15) is 0 Å². The molecule has 12 heavy (non-hydrogen) atoms. The minimum Gasteiger partial charge on any atom is -0.337 e. The Morgan fingerprint density at radius 2 is 2.33 bits per heavy atom. The molecule has 0 bridgehead atoms. The van der Waals surface area contributed by atoms with Gasteiger partial charge in [-0.2, -0.15) is 0 Å². The van der Waals surface area contributed by atoms with E-state index in [1.807, 2.05) is 6.33 Å². The van der Waals surface area contributed by atoms with Crippen LogP contribution in [-0.4, -0.2) is 16.1 Å². The van der Waals surface area contributed by atoms with E-state index in [1.54, 1.807) is 0 Å². The van der Waals surface area contributed by atoms with Crippen LogP contribution in [0.4, 0.5) is 0 Å². The van der Waals surface area contributed by atoms with Crippen molar-refractivity contribution in [2.45, 2.75) is 25.8 Å². The molecule has 0 aliphatic carbocycles. The lowest BCUT2D eigenvalue weighted by Gasteiger charge is -2.30.